The Bertz CT molecular complexity index is 1340. The predicted octanol–water partition coefficient (Wildman–Crippen LogP) is 4.77. The van der Waals surface area contributed by atoms with Crippen molar-refractivity contribution >= 4 is 40.0 Å². The average molecular weight is 510 g/mol. The van der Waals surface area contributed by atoms with Crippen LogP contribution in [0.5, 0.6) is 11.5 Å². The third-order valence-corrected chi connectivity index (χ3v) is 5.50. The molecule has 0 atom stereocenters. The molecule has 0 spiro atoms. The van der Waals surface area contributed by atoms with Crippen molar-refractivity contribution in [1.82, 2.24) is 19.9 Å². The maximum Gasteiger partial charge on any atom is 0.251 e. The Morgan fingerprint density at radius 1 is 1.14 bits per heavy atom. The van der Waals surface area contributed by atoms with E-state index in [1.54, 1.807) is 36.4 Å². The Hall–Kier alpha value is -3.66. The van der Waals surface area contributed by atoms with Gasteiger partial charge in [0.2, 0.25) is 0 Å². The number of amides is 1. The highest BCUT2D eigenvalue weighted by Crippen LogP contribution is 2.33. The van der Waals surface area contributed by atoms with Crippen LogP contribution in [0.15, 0.2) is 61.1 Å². The van der Waals surface area contributed by atoms with E-state index in [1.807, 2.05) is 36.7 Å². The topological polar surface area (TPSA) is 111 Å². The van der Waals surface area contributed by atoms with E-state index < -0.39 is 0 Å². The first-order valence-corrected chi connectivity index (χ1v) is 12.0. The molecule has 0 unspecified atom stereocenters. The lowest BCUT2D eigenvalue weighted by Gasteiger charge is -2.13. The van der Waals surface area contributed by atoms with Crippen molar-refractivity contribution in [3.05, 3.63) is 71.6 Å². The molecule has 0 aliphatic rings. The molecule has 0 aliphatic carbocycles. The SMILES string of the molecule is CC(C)NC(=O)c1cccc(Oc2ccc(Nc3ncnc4ccn(CCOCCO)c34)cc2Cl)c1. The normalized spacial score (nSPS) is 11.1. The lowest BCUT2D eigenvalue weighted by atomic mass is 10.2. The quantitative estimate of drug-likeness (QED) is 0.250. The molecule has 4 aromatic rings. The number of aliphatic hydroxyl groups is 1. The van der Waals surface area contributed by atoms with Gasteiger partial charge in [0, 0.05) is 30.0 Å². The molecule has 188 valence electrons. The molecule has 2 heterocycles. The third-order valence-electron chi connectivity index (χ3n) is 5.20. The zero-order chi connectivity index (χ0) is 25.5. The fourth-order valence-electron chi connectivity index (χ4n) is 3.61. The summed E-state index contributed by atoms with van der Waals surface area (Å²) in [6.45, 7) is 5.14. The van der Waals surface area contributed by atoms with Gasteiger partial charge in [-0.05, 0) is 56.3 Å². The van der Waals surface area contributed by atoms with Gasteiger partial charge in [0.05, 0.1) is 30.4 Å². The lowest BCUT2D eigenvalue weighted by molar-refractivity contribution is 0.0875. The monoisotopic (exact) mass is 509 g/mol. The van der Waals surface area contributed by atoms with E-state index in [2.05, 4.69) is 20.6 Å². The summed E-state index contributed by atoms with van der Waals surface area (Å²) in [4.78, 5) is 21.0. The van der Waals surface area contributed by atoms with E-state index in [1.165, 1.54) is 6.33 Å². The van der Waals surface area contributed by atoms with Gasteiger partial charge in [-0.15, -0.1) is 0 Å². The van der Waals surface area contributed by atoms with E-state index in [0.717, 1.165) is 16.7 Å². The van der Waals surface area contributed by atoms with Crippen molar-refractivity contribution < 1.29 is 19.4 Å². The number of fused-ring (bicyclic) bond motifs is 1. The first-order chi connectivity index (χ1) is 17.4. The van der Waals surface area contributed by atoms with Crippen LogP contribution in [0, 0.1) is 0 Å². The standard InChI is InChI=1S/C26H28ClN5O4/c1-17(2)30-26(34)18-4-3-5-20(14-18)36-23-7-6-19(15-21(23)27)31-25-24-22(28-16-29-25)8-9-32(24)10-12-35-13-11-33/h3-9,14-17,33H,10-13H2,1-2H3,(H,30,34)(H,28,29,31). The van der Waals surface area contributed by atoms with Crippen molar-refractivity contribution in [2.75, 3.05) is 25.1 Å². The largest absolute Gasteiger partial charge is 0.456 e. The molecule has 0 saturated carbocycles. The molecule has 1 amide bonds. The Morgan fingerprint density at radius 2 is 2.00 bits per heavy atom. The van der Waals surface area contributed by atoms with Crippen LogP contribution in [0.3, 0.4) is 0 Å². The zero-order valence-corrected chi connectivity index (χ0v) is 20.8. The molecule has 36 heavy (non-hydrogen) atoms. The summed E-state index contributed by atoms with van der Waals surface area (Å²) in [6.07, 6.45) is 3.42. The minimum Gasteiger partial charge on any atom is -0.456 e. The van der Waals surface area contributed by atoms with Crippen LogP contribution in [0.25, 0.3) is 11.0 Å². The molecule has 0 aliphatic heterocycles. The number of aromatic nitrogens is 3. The molecule has 2 aromatic carbocycles. The van der Waals surface area contributed by atoms with Crippen molar-refractivity contribution in [2.24, 2.45) is 0 Å². The minimum absolute atomic E-state index is 0.0122. The number of halogens is 1. The number of anilines is 2. The van der Waals surface area contributed by atoms with Crippen LogP contribution >= 0.6 is 11.6 Å². The number of carbonyl (C=O) groups excluding carboxylic acids is 1. The predicted molar refractivity (Wildman–Crippen MR) is 139 cm³/mol. The van der Waals surface area contributed by atoms with Gasteiger partial charge in [0.15, 0.2) is 5.82 Å². The first kappa shape index (κ1) is 25.4. The molecule has 2 aromatic heterocycles. The molecular weight excluding hydrogens is 482 g/mol. The molecule has 10 heteroatoms. The fraction of sp³-hybridized carbons (Fsp3) is 0.269. The Labute approximate surface area is 214 Å². The maximum atomic E-state index is 12.3. The number of aliphatic hydroxyl groups excluding tert-OH is 1. The van der Waals surface area contributed by atoms with E-state index in [0.29, 0.717) is 47.7 Å². The number of hydrogen-bond acceptors (Lipinski definition) is 7. The maximum absolute atomic E-state index is 12.3. The number of benzene rings is 2. The number of hydrogen-bond donors (Lipinski definition) is 3. The summed E-state index contributed by atoms with van der Waals surface area (Å²) in [7, 11) is 0. The van der Waals surface area contributed by atoms with Crippen LogP contribution in [-0.2, 0) is 11.3 Å². The summed E-state index contributed by atoms with van der Waals surface area (Å²) in [5.74, 6) is 1.43. The number of nitrogens with zero attached hydrogens (tertiary/aromatic N) is 3. The number of ether oxygens (including phenoxy) is 2. The smallest absolute Gasteiger partial charge is 0.251 e. The van der Waals surface area contributed by atoms with Gasteiger partial charge in [-0.3, -0.25) is 4.79 Å². The van der Waals surface area contributed by atoms with E-state index in [-0.39, 0.29) is 18.6 Å². The molecule has 0 bridgehead atoms. The second-order valence-electron chi connectivity index (χ2n) is 8.33. The second-order valence-corrected chi connectivity index (χ2v) is 8.74. The molecule has 0 saturated heterocycles. The van der Waals surface area contributed by atoms with Gasteiger partial charge in [-0.2, -0.15) is 0 Å². The second kappa shape index (κ2) is 11.9. The average Bonchev–Trinajstić information content (AvgIpc) is 3.27. The summed E-state index contributed by atoms with van der Waals surface area (Å²) in [5.41, 5.74) is 2.86. The summed E-state index contributed by atoms with van der Waals surface area (Å²) >= 11 is 6.52. The molecule has 0 radical (unpaired) electrons. The first-order valence-electron chi connectivity index (χ1n) is 11.6. The van der Waals surface area contributed by atoms with Crippen molar-refractivity contribution in [2.45, 2.75) is 26.4 Å². The van der Waals surface area contributed by atoms with E-state index in [9.17, 15) is 4.79 Å². The summed E-state index contributed by atoms with van der Waals surface area (Å²) in [5, 5.41) is 15.5. The highest BCUT2D eigenvalue weighted by atomic mass is 35.5. The summed E-state index contributed by atoms with van der Waals surface area (Å²) < 4.78 is 13.3. The highest BCUT2D eigenvalue weighted by Gasteiger charge is 2.13. The van der Waals surface area contributed by atoms with Crippen LogP contribution in [0.1, 0.15) is 24.2 Å². The lowest BCUT2D eigenvalue weighted by Crippen LogP contribution is -2.29. The molecule has 4 rings (SSSR count). The Kier molecular flexibility index (Phi) is 8.37. The van der Waals surface area contributed by atoms with Gasteiger partial charge in [-0.25, -0.2) is 9.97 Å². The Morgan fingerprint density at radius 3 is 2.78 bits per heavy atom. The van der Waals surface area contributed by atoms with Gasteiger partial charge < -0.3 is 29.8 Å². The van der Waals surface area contributed by atoms with Gasteiger partial charge in [-0.1, -0.05) is 17.7 Å². The van der Waals surface area contributed by atoms with Gasteiger partial charge in [0.1, 0.15) is 23.3 Å². The molecule has 0 fully saturated rings. The highest BCUT2D eigenvalue weighted by molar-refractivity contribution is 6.32. The summed E-state index contributed by atoms with van der Waals surface area (Å²) in [6, 6.07) is 14.2. The van der Waals surface area contributed by atoms with Crippen LogP contribution in [0.4, 0.5) is 11.5 Å². The van der Waals surface area contributed by atoms with Crippen molar-refractivity contribution in [3.8, 4) is 11.5 Å². The zero-order valence-electron chi connectivity index (χ0n) is 20.1. The third kappa shape index (κ3) is 6.31. The number of carbonyl (C=O) groups is 1. The van der Waals surface area contributed by atoms with Crippen molar-refractivity contribution in [1.29, 1.82) is 0 Å². The molecule has 3 N–H and O–H groups in total. The van der Waals surface area contributed by atoms with Crippen LogP contribution in [-0.4, -0.2) is 51.4 Å². The molecule has 9 nitrogen and oxygen atoms in total. The van der Waals surface area contributed by atoms with Crippen LogP contribution in [0.2, 0.25) is 5.02 Å². The van der Waals surface area contributed by atoms with Gasteiger partial charge >= 0.3 is 0 Å². The number of nitrogens with one attached hydrogen (secondary N) is 2. The fourth-order valence-corrected chi connectivity index (χ4v) is 3.83. The van der Waals surface area contributed by atoms with E-state index >= 15 is 0 Å². The van der Waals surface area contributed by atoms with Gasteiger partial charge in [0.25, 0.3) is 5.91 Å². The van der Waals surface area contributed by atoms with E-state index in [4.69, 9.17) is 26.2 Å². The Balaban J connectivity index is 1.49. The minimum atomic E-state index is -0.165. The molecular formula is C26H28ClN5O4. The van der Waals surface area contributed by atoms with Crippen LogP contribution < -0.4 is 15.4 Å². The number of rotatable bonds is 11. The van der Waals surface area contributed by atoms with Crippen molar-refractivity contribution in [3.63, 3.8) is 0 Å².